The van der Waals surface area contributed by atoms with Crippen LogP contribution in [0.4, 0.5) is 5.69 Å². The number of hydrogen-bond acceptors (Lipinski definition) is 5. The summed E-state index contributed by atoms with van der Waals surface area (Å²) in [5.74, 6) is 1.41. The fourth-order valence-electron chi connectivity index (χ4n) is 2.24. The second kappa shape index (κ2) is 9.99. The molecule has 0 saturated heterocycles. The van der Waals surface area contributed by atoms with Gasteiger partial charge in [-0.25, -0.2) is 0 Å². The van der Waals surface area contributed by atoms with Crippen molar-refractivity contribution in [2.24, 2.45) is 0 Å². The molecule has 2 aromatic carbocycles. The van der Waals surface area contributed by atoms with Gasteiger partial charge in [-0.3, -0.25) is 4.79 Å². The number of hydrogen-bond donors (Lipinski definition) is 1. The number of carbonyl (C=O) groups is 1. The lowest BCUT2D eigenvalue weighted by molar-refractivity contribution is 0.0770. The number of methoxy groups -OCH3 is 2. The molecule has 26 heavy (non-hydrogen) atoms. The first-order valence-corrected chi connectivity index (χ1v) is 8.00. The number of nitrogen functional groups attached to an aromatic ring is 1. The number of para-hydroxylation sites is 2. The van der Waals surface area contributed by atoms with E-state index < -0.39 is 0 Å². The Morgan fingerprint density at radius 2 is 1.73 bits per heavy atom. The molecule has 0 spiro atoms. The van der Waals surface area contributed by atoms with Gasteiger partial charge in [0, 0.05) is 13.1 Å². The van der Waals surface area contributed by atoms with Gasteiger partial charge in [0.1, 0.15) is 12.4 Å². The predicted octanol–water partition coefficient (Wildman–Crippen LogP) is 3.51. The number of halogens is 2. The van der Waals surface area contributed by atoms with Gasteiger partial charge in [0.25, 0.3) is 5.91 Å². The van der Waals surface area contributed by atoms with Crippen LogP contribution in [0.25, 0.3) is 0 Å². The molecule has 0 aromatic heterocycles. The maximum absolute atomic E-state index is 12.6. The molecule has 1 amide bonds. The second-order valence-electron chi connectivity index (χ2n) is 5.30. The average Bonchev–Trinajstić information content (AvgIpc) is 2.63. The summed E-state index contributed by atoms with van der Waals surface area (Å²) in [6.07, 6.45) is 0. The summed E-state index contributed by atoms with van der Waals surface area (Å²) >= 11 is 6.02. The highest BCUT2D eigenvalue weighted by Crippen LogP contribution is 2.29. The Morgan fingerprint density at radius 1 is 1.12 bits per heavy atom. The van der Waals surface area contributed by atoms with Gasteiger partial charge >= 0.3 is 0 Å². The van der Waals surface area contributed by atoms with Crippen LogP contribution >= 0.6 is 24.0 Å². The summed E-state index contributed by atoms with van der Waals surface area (Å²) in [5, 5.41) is 0.308. The molecule has 0 atom stereocenters. The normalized spacial score (nSPS) is 9.85. The minimum atomic E-state index is -0.234. The van der Waals surface area contributed by atoms with Gasteiger partial charge in [-0.1, -0.05) is 23.7 Å². The summed E-state index contributed by atoms with van der Waals surface area (Å²) in [6.45, 7) is 0.690. The monoisotopic (exact) mass is 400 g/mol. The van der Waals surface area contributed by atoms with Gasteiger partial charge < -0.3 is 24.8 Å². The SMILES string of the molecule is COc1ccccc1OCCN(C)C(=O)c1cc(Cl)c(N)cc1OC.Cl. The molecular formula is C18H22Cl2N2O4. The van der Waals surface area contributed by atoms with Crippen LogP contribution in [0.1, 0.15) is 10.4 Å². The average molecular weight is 401 g/mol. The third-order valence-corrected chi connectivity index (χ3v) is 3.98. The molecular weight excluding hydrogens is 379 g/mol. The smallest absolute Gasteiger partial charge is 0.257 e. The Kier molecular flexibility index (Phi) is 8.35. The number of nitrogens with zero attached hydrogens (tertiary/aromatic N) is 1. The number of rotatable bonds is 7. The number of ether oxygens (including phenoxy) is 3. The first-order valence-electron chi connectivity index (χ1n) is 7.62. The Balaban J connectivity index is 0.00000338. The van der Waals surface area contributed by atoms with Crippen LogP contribution in [0.15, 0.2) is 36.4 Å². The van der Waals surface area contributed by atoms with Crippen LogP contribution in [-0.2, 0) is 0 Å². The summed E-state index contributed by atoms with van der Waals surface area (Å²) < 4.78 is 16.1. The lowest BCUT2D eigenvalue weighted by Gasteiger charge is -2.20. The molecule has 0 fully saturated rings. The fraction of sp³-hybridized carbons (Fsp3) is 0.278. The quantitative estimate of drug-likeness (QED) is 0.719. The molecule has 2 aromatic rings. The van der Waals surface area contributed by atoms with Gasteiger partial charge in [0.05, 0.1) is 37.0 Å². The minimum Gasteiger partial charge on any atom is -0.496 e. The third kappa shape index (κ3) is 5.09. The maximum atomic E-state index is 12.6. The van der Waals surface area contributed by atoms with Crippen LogP contribution in [0.5, 0.6) is 17.2 Å². The highest BCUT2D eigenvalue weighted by atomic mass is 35.5. The Hall–Kier alpha value is -2.31. The Bertz CT molecular complexity index is 756. The van der Waals surface area contributed by atoms with Crippen molar-refractivity contribution < 1.29 is 19.0 Å². The molecule has 6 nitrogen and oxygen atoms in total. The molecule has 142 valence electrons. The van der Waals surface area contributed by atoms with Crippen molar-refractivity contribution in [1.82, 2.24) is 4.90 Å². The van der Waals surface area contributed by atoms with E-state index in [0.717, 1.165) is 0 Å². The van der Waals surface area contributed by atoms with Crippen molar-refractivity contribution in [2.75, 3.05) is 40.2 Å². The number of amides is 1. The van der Waals surface area contributed by atoms with E-state index in [-0.39, 0.29) is 18.3 Å². The molecule has 2 N–H and O–H groups in total. The third-order valence-electron chi connectivity index (χ3n) is 3.65. The molecule has 0 aliphatic heterocycles. The molecule has 0 aliphatic carbocycles. The molecule has 0 radical (unpaired) electrons. The molecule has 0 bridgehead atoms. The van der Waals surface area contributed by atoms with E-state index in [1.165, 1.54) is 24.1 Å². The van der Waals surface area contributed by atoms with E-state index >= 15 is 0 Å². The Morgan fingerprint density at radius 3 is 2.35 bits per heavy atom. The van der Waals surface area contributed by atoms with Gasteiger partial charge in [-0.05, 0) is 18.2 Å². The zero-order chi connectivity index (χ0) is 18.4. The second-order valence-corrected chi connectivity index (χ2v) is 5.71. The summed E-state index contributed by atoms with van der Waals surface area (Å²) in [5.41, 5.74) is 6.45. The number of anilines is 1. The lowest BCUT2D eigenvalue weighted by Crippen LogP contribution is -2.31. The van der Waals surface area contributed by atoms with E-state index in [0.29, 0.717) is 46.7 Å². The highest BCUT2D eigenvalue weighted by molar-refractivity contribution is 6.33. The first kappa shape index (κ1) is 21.7. The van der Waals surface area contributed by atoms with Crippen LogP contribution in [0.3, 0.4) is 0 Å². The molecule has 0 heterocycles. The minimum absolute atomic E-state index is 0. The maximum Gasteiger partial charge on any atom is 0.257 e. The van der Waals surface area contributed by atoms with Crippen molar-refractivity contribution in [3.8, 4) is 17.2 Å². The van der Waals surface area contributed by atoms with Crippen molar-refractivity contribution in [3.05, 3.63) is 47.0 Å². The van der Waals surface area contributed by atoms with Crippen LogP contribution in [-0.4, -0.2) is 45.2 Å². The van der Waals surface area contributed by atoms with E-state index in [4.69, 9.17) is 31.5 Å². The fourth-order valence-corrected chi connectivity index (χ4v) is 2.41. The first-order chi connectivity index (χ1) is 12.0. The van der Waals surface area contributed by atoms with Gasteiger partial charge in [0.15, 0.2) is 11.5 Å². The molecule has 0 aliphatic rings. The van der Waals surface area contributed by atoms with Gasteiger partial charge in [0.2, 0.25) is 0 Å². The van der Waals surface area contributed by atoms with Crippen molar-refractivity contribution in [1.29, 1.82) is 0 Å². The summed E-state index contributed by atoms with van der Waals surface area (Å²) in [4.78, 5) is 14.1. The van der Waals surface area contributed by atoms with Gasteiger partial charge in [-0.15, -0.1) is 12.4 Å². The van der Waals surface area contributed by atoms with E-state index in [1.807, 2.05) is 24.3 Å². The highest BCUT2D eigenvalue weighted by Gasteiger charge is 2.18. The molecule has 0 saturated carbocycles. The molecule has 8 heteroatoms. The molecule has 2 rings (SSSR count). The number of benzene rings is 2. The standard InChI is InChI=1S/C18H21ClN2O4.ClH/c1-21(8-9-25-16-7-5-4-6-15(16)23-2)18(22)12-10-13(19)14(20)11-17(12)24-3;/h4-7,10-11H,8-9,20H2,1-3H3;1H. The largest absolute Gasteiger partial charge is 0.496 e. The van der Waals surface area contributed by atoms with Crippen LogP contribution in [0.2, 0.25) is 5.02 Å². The van der Waals surface area contributed by atoms with Crippen molar-refractivity contribution in [2.45, 2.75) is 0 Å². The number of nitrogens with two attached hydrogens (primary N) is 1. The number of carbonyl (C=O) groups excluding carboxylic acids is 1. The van der Waals surface area contributed by atoms with Crippen molar-refractivity contribution in [3.63, 3.8) is 0 Å². The lowest BCUT2D eigenvalue weighted by atomic mass is 10.1. The van der Waals surface area contributed by atoms with Gasteiger partial charge in [-0.2, -0.15) is 0 Å². The zero-order valence-electron chi connectivity index (χ0n) is 14.8. The number of likely N-dealkylation sites (N-methyl/N-ethyl adjacent to an activating group) is 1. The van der Waals surface area contributed by atoms with Crippen molar-refractivity contribution >= 4 is 35.6 Å². The molecule has 0 unspecified atom stereocenters. The van der Waals surface area contributed by atoms with E-state index in [9.17, 15) is 4.79 Å². The summed E-state index contributed by atoms with van der Waals surface area (Å²) in [6, 6.07) is 10.4. The van der Waals surface area contributed by atoms with E-state index in [2.05, 4.69) is 0 Å². The predicted molar refractivity (Wildman–Crippen MR) is 105 cm³/mol. The van der Waals surface area contributed by atoms with Crippen LogP contribution in [0, 0.1) is 0 Å². The van der Waals surface area contributed by atoms with Crippen LogP contribution < -0.4 is 19.9 Å². The zero-order valence-corrected chi connectivity index (χ0v) is 16.4. The topological polar surface area (TPSA) is 74.0 Å². The Labute approximate surface area is 164 Å². The summed E-state index contributed by atoms with van der Waals surface area (Å²) in [7, 11) is 4.73. The van der Waals surface area contributed by atoms with E-state index in [1.54, 1.807) is 14.2 Å².